The SMILES string of the molecule is CN(CC(=O)N1CCN(CC=Cc2ccccc2)CC1)S(=O)(=O)c1ccc(F)cc1. The molecule has 0 unspecified atom stereocenters. The molecule has 30 heavy (non-hydrogen) atoms. The monoisotopic (exact) mass is 431 g/mol. The number of carbonyl (C=O) groups excluding carboxylic acids is 1. The van der Waals surface area contributed by atoms with Crippen LogP contribution in [0, 0.1) is 5.82 Å². The normalized spacial score (nSPS) is 15.8. The Hall–Kier alpha value is -2.55. The molecule has 0 spiro atoms. The van der Waals surface area contributed by atoms with Gasteiger partial charge in [0.25, 0.3) is 0 Å². The van der Waals surface area contributed by atoms with Crippen LogP contribution in [-0.2, 0) is 14.8 Å². The van der Waals surface area contributed by atoms with Crippen LogP contribution in [0.3, 0.4) is 0 Å². The van der Waals surface area contributed by atoms with Gasteiger partial charge in [-0.05, 0) is 29.8 Å². The molecule has 0 bridgehead atoms. The standard InChI is InChI=1S/C22H26FN3O3S/c1-24(30(28,29)21-11-9-20(23)10-12-21)18-22(27)26-16-14-25(15-17-26)13-5-8-19-6-3-2-4-7-19/h2-12H,13-18H2,1H3. The Bertz CT molecular complexity index is 970. The highest BCUT2D eigenvalue weighted by Crippen LogP contribution is 2.15. The molecule has 2 aromatic carbocycles. The number of benzene rings is 2. The second-order valence-electron chi connectivity index (χ2n) is 7.21. The van der Waals surface area contributed by atoms with Gasteiger partial charge >= 0.3 is 0 Å². The quantitative estimate of drug-likeness (QED) is 0.675. The number of amides is 1. The van der Waals surface area contributed by atoms with Crippen LogP contribution in [0.15, 0.2) is 65.6 Å². The highest BCUT2D eigenvalue weighted by atomic mass is 32.2. The van der Waals surface area contributed by atoms with E-state index in [2.05, 4.69) is 17.1 Å². The van der Waals surface area contributed by atoms with E-state index in [1.807, 2.05) is 30.3 Å². The van der Waals surface area contributed by atoms with Crippen molar-refractivity contribution in [3.8, 4) is 0 Å². The van der Waals surface area contributed by atoms with Crippen molar-refractivity contribution in [2.24, 2.45) is 0 Å². The highest BCUT2D eigenvalue weighted by molar-refractivity contribution is 7.89. The lowest BCUT2D eigenvalue weighted by molar-refractivity contribution is -0.132. The first-order valence-corrected chi connectivity index (χ1v) is 11.2. The number of likely N-dealkylation sites (N-methyl/N-ethyl adjacent to an activating group) is 1. The first-order chi connectivity index (χ1) is 14.4. The van der Waals surface area contributed by atoms with E-state index in [4.69, 9.17) is 0 Å². The smallest absolute Gasteiger partial charge is 0.243 e. The predicted octanol–water partition coefficient (Wildman–Crippen LogP) is 2.30. The third kappa shape index (κ3) is 5.75. The number of hydrogen-bond donors (Lipinski definition) is 0. The van der Waals surface area contributed by atoms with E-state index < -0.39 is 15.8 Å². The number of rotatable bonds is 7. The Morgan fingerprint density at radius 2 is 1.67 bits per heavy atom. The van der Waals surface area contributed by atoms with Gasteiger partial charge in [0.1, 0.15) is 5.82 Å². The summed E-state index contributed by atoms with van der Waals surface area (Å²) in [5.41, 5.74) is 1.15. The summed E-state index contributed by atoms with van der Waals surface area (Å²) in [6, 6.07) is 14.7. The molecular formula is C22H26FN3O3S. The van der Waals surface area contributed by atoms with Crippen molar-refractivity contribution < 1.29 is 17.6 Å². The van der Waals surface area contributed by atoms with E-state index in [1.165, 1.54) is 19.2 Å². The van der Waals surface area contributed by atoms with Crippen molar-refractivity contribution in [3.63, 3.8) is 0 Å². The molecule has 0 aromatic heterocycles. The fourth-order valence-electron chi connectivity index (χ4n) is 3.24. The van der Waals surface area contributed by atoms with Gasteiger partial charge < -0.3 is 4.90 Å². The zero-order valence-corrected chi connectivity index (χ0v) is 17.8. The lowest BCUT2D eigenvalue weighted by atomic mass is 10.2. The molecule has 1 fully saturated rings. The molecule has 1 aliphatic rings. The van der Waals surface area contributed by atoms with E-state index in [-0.39, 0.29) is 17.3 Å². The number of hydrogen-bond acceptors (Lipinski definition) is 4. The second kappa shape index (κ2) is 9.97. The summed E-state index contributed by atoms with van der Waals surface area (Å²) >= 11 is 0. The molecule has 0 atom stereocenters. The number of halogens is 1. The number of piperazine rings is 1. The molecule has 2 aromatic rings. The number of sulfonamides is 1. The minimum atomic E-state index is -3.84. The lowest BCUT2D eigenvalue weighted by Crippen LogP contribution is -2.51. The van der Waals surface area contributed by atoms with Gasteiger partial charge in [-0.25, -0.2) is 12.8 Å². The molecule has 8 heteroatoms. The zero-order chi connectivity index (χ0) is 21.6. The van der Waals surface area contributed by atoms with Crippen LogP contribution in [0.2, 0.25) is 0 Å². The van der Waals surface area contributed by atoms with Crippen molar-refractivity contribution >= 4 is 22.0 Å². The third-order valence-corrected chi connectivity index (χ3v) is 6.90. The van der Waals surface area contributed by atoms with Gasteiger partial charge in [0.05, 0.1) is 11.4 Å². The van der Waals surface area contributed by atoms with E-state index in [0.717, 1.165) is 41.6 Å². The van der Waals surface area contributed by atoms with Crippen LogP contribution >= 0.6 is 0 Å². The number of nitrogens with zero attached hydrogens (tertiary/aromatic N) is 3. The van der Waals surface area contributed by atoms with Crippen LogP contribution in [0.4, 0.5) is 4.39 Å². The summed E-state index contributed by atoms with van der Waals surface area (Å²) in [6.07, 6.45) is 4.18. The average Bonchev–Trinajstić information content (AvgIpc) is 2.75. The molecule has 160 valence electrons. The van der Waals surface area contributed by atoms with Crippen molar-refractivity contribution in [2.45, 2.75) is 4.90 Å². The average molecular weight is 432 g/mol. The fraction of sp³-hybridized carbons (Fsp3) is 0.318. The summed E-state index contributed by atoms with van der Waals surface area (Å²) in [6.45, 7) is 3.15. The number of carbonyl (C=O) groups is 1. The van der Waals surface area contributed by atoms with E-state index >= 15 is 0 Å². The van der Waals surface area contributed by atoms with Gasteiger partial charge in [-0.15, -0.1) is 0 Å². The van der Waals surface area contributed by atoms with Crippen molar-refractivity contribution in [1.82, 2.24) is 14.1 Å². The van der Waals surface area contributed by atoms with Crippen molar-refractivity contribution in [1.29, 1.82) is 0 Å². The summed E-state index contributed by atoms with van der Waals surface area (Å²) in [5.74, 6) is -0.744. The maximum Gasteiger partial charge on any atom is 0.243 e. The van der Waals surface area contributed by atoms with Crippen molar-refractivity contribution in [3.05, 3.63) is 72.1 Å². The fourth-order valence-corrected chi connectivity index (χ4v) is 4.36. The Kier molecular flexibility index (Phi) is 7.36. The molecule has 1 saturated heterocycles. The Morgan fingerprint density at radius 3 is 2.30 bits per heavy atom. The third-order valence-electron chi connectivity index (χ3n) is 5.08. The Balaban J connectivity index is 1.48. The van der Waals surface area contributed by atoms with Crippen LogP contribution in [0.5, 0.6) is 0 Å². The summed E-state index contributed by atoms with van der Waals surface area (Å²) < 4.78 is 39.2. The zero-order valence-electron chi connectivity index (χ0n) is 16.9. The summed E-state index contributed by atoms with van der Waals surface area (Å²) in [4.78, 5) is 16.5. The van der Waals surface area contributed by atoms with Gasteiger partial charge in [-0.2, -0.15) is 4.31 Å². The van der Waals surface area contributed by atoms with Crippen LogP contribution in [-0.4, -0.2) is 74.7 Å². The van der Waals surface area contributed by atoms with Gasteiger partial charge in [0.15, 0.2) is 0 Å². The minimum Gasteiger partial charge on any atom is -0.339 e. The lowest BCUT2D eigenvalue weighted by Gasteiger charge is -2.34. The van der Waals surface area contributed by atoms with Crippen LogP contribution in [0.1, 0.15) is 5.56 Å². The van der Waals surface area contributed by atoms with Gasteiger partial charge in [0, 0.05) is 39.8 Å². The second-order valence-corrected chi connectivity index (χ2v) is 9.25. The molecule has 1 aliphatic heterocycles. The topological polar surface area (TPSA) is 60.9 Å². The van der Waals surface area contributed by atoms with Gasteiger partial charge in [-0.1, -0.05) is 42.5 Å². The maximum absolute atomic E-state index is 13.0. The molecule has 0 aliphatic carbocycles. The summed E-state index contributed by atoms with van der Waals surface area (Å²) in [5, 5.41) is 0. The van der Waals surface area contributed by atoms with E-state index in [1.54, 1.807) is 4.90 Å². The molecule has 0 N–H and O–H groups in total. The van der Waals surface area contributed by atoms with Gasteiger partial charge in [-0.3, -0.25) is 9.69 Å². The van der Waals surface area contributed by atoms with Crippen LogP contribution < -0.4 is 0 Å². The molecule has 6 nitrogen and oxygen atoms in total. The molecule has 1 heterocycles. The van der Waals surface area contributed by atoms with Crippen LogP contribution in [0.25, 0.3) is 6.08 Å². The molecular weight excluding hydrogens is 405 g/mol. The molecule has 0 saturated carbocycles. The highest BCUT2D eigenvalue weighted by Gasteiger charge is 2.27. The van der Waals surface area contributed by atoms with E-state index in [9.17, 15) is 17.6 Å². The Labute approximate surface area is 177 Å². The molecule has 3 rings (SSSR count). The van der Waals surface area contributed by atoms with Crippen molar-refractivity contribution in [2.75, 3.05) is 46.3 Å². The summed E-state index contributed by atoms with van der Waals surface area (Å²) in [7, 11) is -2.48. The maximum atomic E-state index is 13.0. The first-order valence-electron chi connectivity index (χ1n) is 9.80. The van der Waals surface area contributed by atoms with Gasteiger partial charge in [0.2, 0.25) is 15.9 Å². The Morgan fingerprint density at radius 1 is 1.03 bits per heavy atom. The first kappa shape index (κ1) is 22.1. The predicted molar refractivity (Wildman–Crippen MR) is 115 cm³/mol. The largest absolute Gasteiger partial charge is 0.339 e. The minimum absolute atomic E-state index is 0.0331. The van der Waals surface area contributed by atoms with E-state index in [0.29, 0.717) is 13.1 Å². The molecule has 1 amide bonds. The molecule has 0 radical (unpaired) electrons.